The van der Waals surface area contributed by atoms with Gasteiger partial charge in [-0.25, -0.2) is 8.42 Å². The second kappa shape index (κ2) is 3.81. The molecule has 0 aromatic carbocycles. The first-order chi connectivity index (χ1) is 6.74. The Kier molecular flexibility index (Phi) is 3.04. The lowest BCUT2D eigenvalue weighted by Gasteiger charge is -2.17. The van der Waals surface area contributed by atoms with E-state index in [2.05, 4.69) is 0 Å². The van der Waals surface area contributed by atoms with Gasteiger partial charge in [0.25, 0.3) is 0 Å². The zero-order chi connectivity index (χ0) is 11.7. The van der Waals surface area contributed by atoms with Crippen molar-refractivity contribution in [1.29, 1.82) is 0 Å². The van der Waals surface area contributed by atoms with Crippen molar-refractivity contribution < 1.29 is 17.6 Å². The zero-order valence-electron chi connectivity index (χ0n) is 8.98. The number of ketones is 1. The molecule has 4 nitrogen and oxygen atoms in total. The maximum absolute atomic E-state index is 11.7. The maximum Gasteiger partial charge on any atom is 0.212 e. The second-order valence-electron chi connectivity index (χ2n) is 4.27. The molecule has 0 N–H and O–H groups in total. The van der Waals surface area contributed by atoms with Gasteiger partial charge in [0.2, 0.25) is 5.78 Å². The number of Topliss-reactive ketones (excluding diaryl/α,β-unsaturated/α-hetero) is 1. The van der Waals surface area contributed by atoms with Crippen LogP contribution in [0.25, 0.3) is 0 Å². The Morgan fingerprint density at radius 3 is 2.40 bits per heavy atom. The summed E-state index contributed by atoms with van der Waals surface area (Å²) < 4.78 is 27.3. The van der Waals surface area contributed by atoms with E-state index in [0.717, 1.165) is 0 Å². The summed E-state index contributed by atoms with van der Waals surface area (Å²) in [7, 11) is -3.43. The molecule has 1 aromatic rings. The summed E-state index contributed by atoms with van der Waals surface area (Å²) in [6.45, 7) is 4.70. The molecule has 1 rings (SSSR count). The van der Waals surface area contributed by atoms with E-state index >= 15 is 0 Å². The van der Waals surface area contributed by atoms with Crippen LogP contribution in [0, 0.1) is 0 Å². The minimum atomic E-state index is -3.43. The van der Waals surface area contributed by atoms with Crippen molar-refractivity contribution >= 4 is 15.6 Å². The molecule has 0 saturated heterocycles. The lowest BCUT2D eigenvalue weighted by molar-refractivity contribution is 0.0990. The average Bonchev–Trinajstić information content (AvgIpc) is 2.51. The van der Waals surface area contributed by atoms with E-state index in [4.69, 9.17) is 4.42 Å². The molecule has 0 atom stereocenters. The molecule has 0 bridgehead atoms. The molecule has 0 aliphatic heterocycles. The van der Waals surface area contributed by atoms with Gasteiger partial charge in [0.05, 0.1) is 11.0 Å². The van der Waals surface area contributed by atoms with E-state index in [-0.39, 0.29) is 5.76 Å². The Hall–Kier alpha value is -1.10. The van der Waals surface area contributed by atoms with Crippen LogP contribution in [0.5, 0.6) is 0 Å². The molecule has 0 amide bonds. The maximum atomic E-state index is 11.7. The largest absolute Gasteiger partial charge is 0.461 e. The molecule has 0 aliphatic carbocycles. The highest BCUT2D eigenvalue weighted by molar-refractivity contribution is 7.93. The van der Waals surface area contributed by atoms with Gasteiger partial charge in [0.15, 0.2) is 15.6 Å². The average molecular weight is 230 g/mol. The Balaban J connectivity index is 2.85. The van der Waals surface area contributed by atoms with Gasteiger partial charge in [-0.1, -0.05) is 0 Å². The normalized spacial score (nSPS) is 12.7. The van der Waals surface area contributed by atoms with Crippen LogP contribution in [0.15, 0.2) is 22.8 Å². The molecule has 5 heteroatoms. The van der Waals surface area contributed by atoms with Crippen LogP contribution in [0.3, 0.4) is 0 Å². The monoisotopic (exact) mass is 230 g/mol. The van der Waals surface area contributed by atoms with Crippen LogP contribution in [0.4, 0.5) is 0 Å². The lowest BCUT2D eigenvalue weighted by atomic mass is 10.3. The SMILES string of the molecule is CC(C)(C)S(=O)(=O)CC(=O)c1ccco1. The van der Waals surface area contributed by atoms with E-state index in [0.29, 0.717) is 0 Å². The van der Waals surface area contributed by atoms with E-state index in [1.165, 1.54) is 12.3 Å². The predicted molar refractivity (Wildman–Crippen MR) is 56.6 cm³/mol. The van der Waals surface area contributed by atoms with Crippen LogP contribution in [0.2, 0.25) is 0 Å². The molecule has 0 spiro atoms. The molecular weight excluding hydrogens is 216 g/mol. The van der Waals surface area contributed by atoms with Crippen molar-refractivity contribution in [1.82, 2.24) is 0 Å². The molecule has 0 saturated carbocycles. The van der Waals surface area contributed by atoms with Crippen molar-refractivity contribution in [2.24, 2.45) is 0 Å². The molecule has 84 valence electrons. The number of carbonyl (C=O) groups excluding carboxylic acids is 1. The molecule has 1 aromatic heterocycles. The summed E-state index contributed by atoms with van der Waals surface area (Å²) in [4.78, 5) is 11.5. The van der Waals surface area contributed by atoms with Gasteiger partial charge in [-0.2, -0.15) is 0 Å². The summed E-state index contributed by atoms with van der Waals surface area (Å²) in [5, 5.41) is 0. The first-order valence-electron chi connectivity index (χ1n) is 4.53. The number of hydrogen-bond acceptors (Lipinski definition) is 4. The van der Waals surface area contributed by atoms with Crippen molar-refractivity contribution in [3.05, 3.63) is 24.2 Å². The fourth-order valence-corrected chi connectivity index (χ4v) is 1.82. The third kappa shape index (κ3) is 2.68. The quantitative estimate of drug-likeness (QED) is 0.741. The third-order valence-corrected chi connectivity index (χ3v) is 4.56. The number of hydrogen-bond donors (Lipinski definition) is 0. The first kappa shape index (κ1) is 12.0. The van der Waals surface area contributed by atoms with Gasteiger partial charge in [-0.3, -0.25) is 4.79 Å². The van der Waals surface area contributed by atoms with Gasteiger partial charge < -0.3 is 4.42 Å². The molecule has 0 radical (unpaired) electrons. The third-order valence-electron chi connectivity index (χ3n) is 2.05. The van der Waals surface area contributed by atoms with Gasteiger partial charge in [0.1, 0.15) is 5.75 Å². The highest BCUT2D eigenvalue weighted by Gasteiger charge is 2.32. The molecule has 15 heavy (non-hydrogen) atoms. The van der Waals surface area contributed by atoms with Crippen LogP contribution in [0.1, 0.15) is 31.3 Å². The van der Waals surface area contributed by atoms with Crippen LogP contribution in [-0.4, -0.2) is 24.7 Å². The van der Waals surface area contributed by atoms with Gasteiger partial charge in [0, 0.05) is 0 Å². The fourth-order valence-electron chi connectivity index (χ4n) is 0.897. The van der Waals surface area contributed by atoms with E-state index in [9.17, 15) is 13.2 Å². The van der Waals surface area contributed by atoms with Crippen LogP contribution >= 0.6 is 0 Å². The Labute approximate surface area is 89.2 Å². The molecule has 0 unspecified atom stereocenters. The van der Waals surface area contributed by atoms with Crippen molar-refractivity contribution in [2.45, 2.75) is 25.5 Å². The summed E-state index contributed by atoms with van der Waals surface area (Å²) in [6, 6.07) is 3.01. The van der Waals surface area contributed by atoms with E-state index < -0.39 is 26.1 Å². The summed E-state index contributed by atoms with van der Waals surface area (Å²) in [5.41, 5.74) is 0. The van der Waals surface area contributed by atoms with Gasteiger partial charge >= 0.3 is 0 Å². The van der Waals surface area contributed by atoms with Gasteiger partial charge in [-0.05, 0) is 32.9 Å². The summed E-state index contributed by atoms with van der Waals surface area (Å²) in [5.74, 6) is -0.929. The number of rotatable bonds is 3. The van der Waals surface area contributed by atoms with Crippen LogP contribution in [-0.2, 0) is 9.84 Å². The molecule has 0 aliphatic rings. The van der Waals surface area contributed by atoms with Crippen LogP contribution < -0.4 is 0 Å². The Morgan fingerprint density at radius 1 is 1.40 bits per heavy atom. The molecule has 0 fully saturated rings. The Morgan fingerprint density at radius 2 is 2.00 bits per heavy atom. The minimum absolute atomic E-state index is 0.0859. The minimum Gasteiger partial charge on any atom is -0.461 e. The first-order valence-corrected chi connectivity index (χ1v) is 6.18. The smallest absolute Gasteiger partial charge is 0.212 e. The molecule has 1 heterocycles. The van der Waals surface area contributed by atoms with Crippen molar-refractivity contribution in [3.8, 4) is 0 Å². The Bertz CT molecular complexity index is 434. The fraction of sp³-hybridized carbons (Fsp3) is 0.500. The summed E-state index contributed by atoms with van der Waals surface area (Å²) in [6.07, 6.45) is 1.34. The number of carbonyl (C=O) groups is 1. The highest BCUT2D eigenvalue weighted by atomic mass is 32.2. The zero-order valence-corrected chi connectivity index (χ0v) is 9.80. The highest BCUT2D eigenvalue weighted by Crippen LogP contribution is 2.17. The number of sulfone groups is 1. The number of furan rings is 1. The standard InChI is InChI=1S/C10H14O4S/c1-10(2,3)15(12,13)7-8(11)9-5-4-6-14-9/h4-6H,7H2,1-3H3. The van der Waals surface area contributed by atoms with E-state index in [1.807, 2.05) is 0 Å². The second-order valence-corrected chi connectivity index (χ2v) is 7.01. The lowest BCUT2D eigenvalue weighted by Crippen LogP contribution is -2.33. The predicted octanol–water partition coefficient (Wildman–Crippen LogP) is 1.68. The molecular formula is C10H14O4S. The topological polar surface area (TPSA) is 64.3 Å². The van der Waals surface area contributed by atoms with Gasteiger partial charge in [-0.15, -0.1) is 0 Å². The van der Waals surface area contributed by atoms with E-state index in [1.54, 1.807) is 26.8 Å². The van der Waals surface area contributed by atoms with Crippen molar-refractivity contribution in [3.63, 3.8) is 0 Å². The van der Waals surface area contributed by atoms with Crippen molar-refractivity contribution in [2.75, 3.05) is 5.75 Å². The summed E-state index contributed by atoms with van der Waals surface area (Å²) >= 11 is 0.